The molecular weight excluding hydrogens is 416 g/mol. The maximum Gasteiger partial charge on any atom is 0.219 e. The molecular formula is C19H27BrN2O3S. The molecule has 0 heterocycles. The molecule has 5 nitrogen and oxygen atoms in total. The van der Waals surface area contributed by atoms with Crippen molar-refractivity contribution in [2.24, 2.45) is 0 Å². The standard InChI is InChI=1S/C19H27BrN2O3S/c1-21-19(25)9-8-16(14-24)22(2)12-17-15(13-23)6-5-7-18(17)26-11-4-3-10-20/h5-7,13-14,16H,3-4,8-12H2,1-2H3,(H,21,25). The van der Waals surface area contributed by atoms with Crippen LogP contribution in [0, 0.1) is 0 Å². The molecule has 0 aliphatic heterocycles. The highest BCUT2D eigenvalue weighted by Crippen LogP contribution is 2.27. The zero-order valence-electron chi connectivity index (χ0n) is 15.4. The second kappa shape index (κ2) is 13.1. The number of thioether (sulfide) groups is 1. The van der Waals surface area contributed by atoms with E-state index < -0.39 is 0 Å². The summed E-state index contributed by atoms with van der Waals surface area (Å²) in [5.41, 5.74) is 1.60. The molecule has 0 radical (unpaired) electrons. The number of carbonyl (C=O) groups is 3. The predicted octanol–water partition coefficient (Wildman–Crippen LogP) is 3.29. The molecule has 26 heavy (non-hydrogen) atoms. The van der Waals surface area contributed by atoms with Crippen LogP contribution in [0.5, 0.6) is 0 Å². The number of aldehydes is 2. The molecule has 0 spiro atoms. The van der Waals surface area contributed by atoms with Crippen LogP contribution < -0.4 is 5.32 Å². The van der Waals surface area contributed by atoms with E-state index in [1.165, 1.54) is 0 Å². The van der Waals surface area contributed by atoms with Crippen molar-refractivity contribution >= 4 is 46.2 Å². The molecule has 0 saturated carbocycles. The summed E-state index contributed by atoms with van der Waals surface area (Å²) in [5, 5.41) is 3.56. The Kier molecular flexibility index (Phi) is 11.5. The number of likely N-dealkylation sites (N-methyl/N-ethyl adjacent to an activating group) is 1. The molecule has 1 unspecified atom stereocenters. The molecule has 144 valence electrons. The highest BCUT2D eigenvalue weighted by molar-refractivity contribution is 9.09. The van der Waals surface area contributed by atoms with Gasteiger partial charge in [-0.15, -0.1) is 11.8 Å². The Bertz CT molecular complexity index is 598. The predicted molar refractivity (Wildman–Crippen MR) is 110 cm³/mol. The van der Waals surface area contributed by atoms with E-state index in [2.05, 4.69) is 21.2 Å². The van der Waals surface area contributed by atoms with E-state index in [0.717, 1.165) is 47.0 Å². The molecule has 7 heteroatoms. The van der Waals surface area contributed by atoms with Gasteiger partial charge in [-0.05, 0) is 43.7 Å². The van der Waals surface area contributed by atoms with E-state index in [1.807, 2.05) is 24.1 Å². The van der Waals surface area contributed by atoms with Gasteiger partial charge in [0.1, 0.15) is 12.6 Å². The molecule has 0 fully saturated rings. The minimum absolute atomic E-state index is 0.0819. The molecule has 1 amide bonds. The Morgan fingerprint density at radius 3 is 2.73 bits per heavy atom. The molecule has 1 aromatic rings. The normalized spacial score (nSPS) is 12.0. The molecule has 1 atom stereocenters. The average Bonchev–Trinajstić information content (AvgIpc) is 2.66. The maximum absolute atomic E-state index is 11.5. The van der Waals surface area contributed by atoms with Crippen LogP contribution in [-0.4, -0.2) is 54.6 Å². The quantitative estimate of drug-likeness (QED) is 0.219. The summed E-state index contributed by atoms with van der Waals surface area (Å²) in [5.74, 6) is 0.903. The second-order valence-electron chi connectivity index (χ2n) is 6.02. The molecule has 0 bridgehead atoms. The van der Waals surface area contributed by atoms with Crippen LogP contribution in [0.25, 0.3) is 0 Å². The van der Waals surface area contributed by atoms with Gasteiger partial charge >= 0.3 is 0 Å². The first-order chi connectivity index (χ1) is 12.6. The second-order valence-corrected chi connectivity index (χ2v) is 7.95. The Morgan fingerprint density at radius 2 is 2.12 bits per heavy atom. The van der Waals surface area contributed by atoms with Gasteiger partial charge in [0.2, 0.25) is 5.91 Å². The number of carbonyl (C=O) groups excluding carboxylic acids is 3. The van der Waals surface area contributed by atoms with Gasteiger partial charge in [0, 0.05) is 35.8 Å². The Morgan fingerprint density at radius 1 is 1.35 bits per heavy atom. The van der Waals surface area contributed by atoms with Gasteiger partial charge in [-0.1, -0.05) is 28.1 Å². The van der Waals surface area contributed by atoms with Gasteiger partial charge in [0.15, 0.2) is 0 Å². The van der Waals surface area contributed by atoms with Crippen LogP contribution in [0.2, 0.25) is 0 Å². The van der Waals surface area contributed by atoms with Gasteiger partial charge in [0.05, 0.1) is 6.04 Å². The van der Waals surface area contributed by atoms with E-state index >= 15 is 0 Å². The number of nitrogens with one attached hydrogen (secondary N) is 1. The molecule has 0 aromatic heterocycles. The average molecular weight is 443 g/mol. The topological polar surface area (TPSA) is 66.5 Å². The van der Waals surface area contributed by atoms with Crippen molar-refractivity contribution in [1.29, 1.82) is 0 Å². The van der Waals surface area contributed by atoms with Crippen LogP contribution in [0.15, 0.2) is 23.1 Å². The van der Waals surface area contributed by atoms with Crippen molar-refractivity contribution in [2.75, 3.05) is 25.2 Å². The van der Waals surface area contributed by atoms with Crippen LogP contribution in [-0.2, 0) is 16.1 Å². The molecule has 0 saturated heterocycles. The summed E-state index contributed by atoms with van der Waals surface area (Å²) in [6.07, 6.45) is 4.70. The fraction of sp³-hybridized carbons (Fsp3) is 0.526. The van der Waals surface area contributed by atoms with Crippen molar-refractivity contribution in [1.82, 2.24) is 10.2 Å². The number of unbranched alkanes of at least 4 members (excludes halogenated alkanes) is 1. The SMILES string of the molecule is CNC(=O)CCC(C=O)N(C)Cc1c(C=O)cccc1SCCCCBr. The number of halogens is 1. The van der Waals surface area contributed by atoms with Gasteiger partial charge in [-0.25, -0.2) is 0 Å². The molecule has 1 N–H and O–H groups in total. The van der Waals surface area contributed by atoms with Crippen LogP contribution in [0.1, 0.15) is 41.6 Å². The van der Waals surface area contributed by atoms with Crippen LogP contribution in [0.3, 0.4) is 0 Å². The Hall–Kier alpha value is -1.18. The number of amides is 1. The molecule has 1 aromatic carbocycles. The van der Waals surface area contributed by atoms with E-state index in [9.17, 15) is 14.4 Å². The van der Waals surface area contributed by atoms with Crippen molar-refractivity contribution in [2.45, 2.75) is 43.2 Å². The van der Waals surface area contributed by atoms with Crippen LogP contribution >= 0.6 is 27.7 Å². The monoisotopic (exact) mass is 442 g/mol. The highest BCUT2D eigenvalue weighted by Gasteiger charge is 2.18. The first kappa shape index (κ1) is 22.9. The Labute approximate surface area is 168 Å². The number of alkyl halides is 1. The first-order valence-electron chi connectivity index (χ1n) is 8.69. The number of nitrogens with zero attached hydrogens (tertiary/aromatic N) is 1. The number of benzene rings is 1. The minimum atomic E-state index is -0.363. The van der Waals surface area contributed by atoms with Gasteiger partial charge in [0.25, 0.3) is 0 Å². The number of hydrogen-bond acceptors (Lipinski definition) is 5. The van der Waals surface area contributed by atoms with Crippen molar-refractivity contribution in [3.63, 3.8) is 0 Å². The summed E-state index contributed by atoms with van der Waals surface area (Å²) in [7, 11) is 3.44. The lowest BCUT2D eigenvalue weighted by molar-refractivity contribution is -0.121. The third-order valence-electron chi connectivity index (χ3n) is 4.16. The van der Waals surface area contributed by atoms with Crippen LogP contribution in [0.4, 0.5) is 0 Å². The van der Waals surface area contributed by atoms with E-state index in [4.69, 9.17) is 0 Å². The van der Waals surface area contributed by atoms with E-state index in [-0.39, 0.29) is 11.9 Å². The summed E-state index contributed by atoms with van der Waals surface area (Å²) in [6.45, 7) is 0.493. The largest absolute Gasteiger partial charge is 0.359 e. The van der Waals surface area contributed by atoms with E-state index in [1.54, 1.807) is 24.9 Å². The van der Waals surface area contributed by atoms with Gasteiger partial charge in [-0.3, -0.25) is 14.5 Å². The van der Waals surface area contributed by atoms with Gasteiger partial charge in [-0.2, -0.15) is 0 Å². The number of rotatable bonds is 13. The summed E-state index contributed by atoms with van der Waals surface area (Å²) >= 11 is 5.18. The zero-order chi connectivity index (χ0) is 19.4. The molecule has 0 aliphatic carbocycles. The summed E-state index contributed by atoms with van der Waals surface area (Å²) in [4.78, 5) is 37.4. The summed E-state index contributed by atoms with van der Waals surface area (Å²) in [6, 6.07) is 5.36. The minimum Gasteiger partial charge on any atom is -0.359 e. The smallest absolute Gasteiger partial charge is 0.219 e. The molecule has 0 aliphatic rings. The maximum atomic E-state index is 11.5. The lowest BCUT2D eigenvalue weighted by Crippen LogP contribution is -2.34. The van der Waals surface area contributed by atoms with Crippen molar-refractivity contribution < 1.29 is 14.4 Å². The third-order valence-corrected chi connectivity index (χ3v) is 5.91. The zero-order valence-corrected chi connectivity index (χ0v) is 17.8. The van der Waals surface area contributed by atoms with Crippen molar-refractivity contribution in [3.05, 3.63) is 29.3 Å². The third kappa shape index (κ3) is 7.60. The summed E-state index contributed by atoms with van der Waals surface area (Å²) < 4.78 is 0. The fourth-order valence-electron chi connectivity index (χ4n) is 2.54. The molecule has 1 rings (SSSR count). The fourth-order valence-corrected chi connectivity index (χ4v) is 4.04. The highest BCUT2D eigenvalue weighted by atomic mass is 79.9. The van der Waals surface area contributed by atoms with Gasteiger partial charge < -0.3 is 10.1 Å². The first-order valence-corrected chi connectivity index (χ1v) is 10.8. The lowest BCUT2D eigenvalue weighted by Gasteiger charge is -2.25. The lowest BCUT2D eigenvalue weighted by atomic mass is 10.1. The van der Waals surface area contributed by atoms with Crippen molar-refractivity contribution in [3.8, 4) is 0 Å². The van der Waals surface area contributed by atoms with E-state index in [0.29, 0.717) is 24.9 Å². The Balaban J connectivity index is 2.85. The number of hydrogen-bond donors (Lipinski definition) is 1.